The number of phosphoric acid groups is 2. The molecule has 7 atom stereocenters. The second-order valence-corrected chi connectivity index (χ2v) is 29.3. The highest BCUT2D eigenvalue weighted by molar-refractivity contribution is 7.47. The number of rotatable bonds is 66. The van der Waals surface area contributed by atoms with E-state index in [1.165, 1.54) is 141 Å². The van der Waals surface area contributed by atoms with Gasteiger partial charge in [0.15, 0.2) is 12.2 Å². The third-order valence-electron chi connectivity index (χ3n) is 16.5. The first kappa shape index (κ1) is 86.1. The minimum absolute atomic E-state index is 0.102. The molecule has 0 bridgehead atoms. The van der Waals surface area contributed by atoms with Gasteiger partial charge in [-0.3, -0.25) is 37.3 Å². The van der Waals surface area contributed by atoms with Crippen molar-refractivity contribution in [2.45, 2.75) is 356 Å². The number of carbonyl (C=O) groups is 4. The third kappa shape index (κ3) is 60.3. The van der Waals surface area contributed by atoms with E-state index in [-0.39, 0.29) is 25.7 Å². The molecule has 0 heterocycles. The fraction of sp³-hybridized carbons (Fsp3) is 0.942. The zero-order valence-electron chi connectivity index (χ0n) is 57.3. The zero-order chi connectivity index (χ0) is 65.4. The van der Waals surface area contributed by atoms with Crippen molar-refractivity contribution < 1.29 is 80.2 Å². The van der Waals surface area contributed by atoms with Crippen LogP contribution in [0.2, 0.25) is 0 Å². The molecular weight excluding hydrogens is 1160 g/mol. The summed E-state index contributed by atoms with van der Waals surface area (Å²) in [7, 11) is -9.90. The Morgan fingerprint density at radius 3 is 0.807 bits per heavy atom. The molecule has 88 heavy (non-hydrogen) atoms. The molecule has 0 aliphatic rings. The Bertz CT molecular complexity index is 1750. The summed E-state index contributed by atoms with van der Waals surface area (Å²) in [6.07, 6.45) is 40.3. The summed E-state index contributed by atoms with van der Waals surface area (Å²) in [5.41, 5.74) is 0. The van der Waals surface area contributed by atoms with Crippen molar-refractivity contribution >= 4 is 39.5 Å². The quantitative estimate of drug-likeness (QED) is 0.0222. The van der Waals surface area contributed by atoms with E-state index < -0.39 is 97.5 Å². The van der Waals surface area contributed by atoms with E-state index in [1.807, 2.05) is 0 Å². The van der Waals surface area contributed by atoms with Crippen LogP contribution >= 0.6 is 15.6 Å². The van der Waals surface area contributed by atoms with Crippen LogP contribution in [0.25, 0.3) is 0 Å². The number of aliphatic hydroxyl groups excluding tert-OH is 1. The van der Waals surface area contributed by atoms with Gasteiger partial charge in [-0.05, 0) is 49.4 Å². The minimum atomic E-state index is -4.95. The van der Waals surface area contributed by atoms with E-state index in [4.69, 9.17) is 37.0 Å². The van der Waals surface area contributed by atoms with E-state index >= 15 is 0 Å². The highest BCUT2D eigenvalue weighted by Crippen LogP contribution is 2.45. The van der Waals surface area contributed by atoms with Gasteiger partial charge < -0.3 is 33.8 Å². The molecular formula is C69H134O17P2. The Labute approximate surface area is 537 Å². The van der Waals surface area contributed by atoms with Crippen LogP contribution < -0.4 is 0 Å². The molecule has 0 aromatic carbocycles. The highest BCUT2D eigenvalue weighted by atomic mass is 31.2. The second kappa shape index (κ2) is 58.8. The summed E-state index contributed by atoms with van der Waals surface area (Å²) in [4.78, 5) is 72.5. The Kier molecular flexibility index (Phi) is 57.6. The summed E-state index contributed by atoms with van der Waals surface area (Å²) in [5.74, 6) is 0.874. The first-order valence-corrected chi connectivity index (χ1v) is 38.8. The Hall–Kier alpha value is -1.94. The Morgan fingerprint density at radius 1 is 0.318 bits per heavy atom. The van der Waals surface area contributed by atoms with Crippen molar-refractivity contribution in [3.8, 4) is 0 Å². The summed E-state index contributed by atoms with van der Waals surface area (Å²) in [5, 5.41) is 10.6. The highest BCUT2D eigenvalue weighted by Gasteiger charge is 2.30. The molecule has 0 amide bonds. The smallest absolute Gasteiger partial charge is 0.462 e. The van der Waals surface area contributed by atoms with E-state index in [0.29, 0.717) is 25.7 Å². The molecule has 5 unspecified atom stereocenters. The number of hydrogen-bond acceptors (Lipinski definition) is 15. The van der Waals surface area contributed by atoms with Crippen LogP contribution in [-0.2, 0) is 65.4 Å². The van der Waals surface area contributed by atoms with Gasteiger partial charge in [-0.2, -0.15) is 0 Å². The molecule has 0 rings (SSSR count). The van der Waals surface area contributed by atoms with Crippen molar-refractivity contribution in [3.63, 3.8) is 0 Å². The zero-order valence-corrected chi connectivity index (χ0v) is 59.1. The fourth-order valence-electron chi connectivity index (χ4n) is 10.2. The number of hydrogen-bond donors (Lipinski definition) is 3. The molecule has 0 spiro atoms. The minimum Gasteiger partial charge on any atom is -0.462 e. The molecule has 0 saturated heterocycles. The topological polar surface area (TPSA) is 237 Å². The number of unbranched alkanes of at least 4 members (excludes halogenated alkanes) is 30. The number of ether oxygens (including phenoxy) is 4. The summed E-state index contributed by atoms with van der Waals surface area (Å²) >= 11 is 0. The maximum atomic E-state index is 13.0. The lowest BCUT2D eigenvalue weighted by molar-refractivity contribution is -0.161. The van der Waals surface area contributed by atoms with E-state index in [0.717, 1.165) is 114 Å². The molecule has 0 radical (unpaired) electrons. The van der Waals surface area contributed by atoms with Gasteiger partial charge in [0, 0.05) is 25.7 Å². The van der Waals surface area contributed by atoms with Crippen LogP contribution in [0.1, 0.15) is 338 Å². The molecule has 0 aromatic rings. The molecule has 17 nitrogen and oxygen atoms in total. The monoisotopic (exact) mass is 1300 g/mol. The molecule has 19 heteroatoms. The number of esters is 4. The first-order valence-electron chi connectivity index (χ1n) is 35.8. The fourth-order valence-corrected chi connectivity index (χ4v) is 11.8. The van der Waals surface area contributed by atoms with Gasteiger partial charge in [0.05, 0.1) is 26.4 Å². The molecule has 522 valence electrons. The van der Waals surface area contributed by atoms with Gasteiger partial charge in [-0.1, -0.05) is 287 Å². The van der Waals surface area contributed by atoms with Crippen molar-refractivity contribution in [2.75, 3.05) is 39.6 Å². The van der Waals surface area contributed by atoms with Gasteiger partial charge in [-0.15, -0.1) is 0 Å². The third-order valence-corrected chi connectivity index (χ3v) is 18.4. The number of carbonyl (C=O) groups excluding carboxylic acids is 4. The summed E-state index contributed by atoms with van der Waals surface area (Å²) in [6.45, 7) is 14.1. The predicted molar refractivity (Wildman–Crippen MR) is 354 cm³/mol. The Morgan fingerprint density at radius 2 is 0.545 bits per heavy atom. The van der Waals surface area contributed by atoms with Crippen molar-refractivity contribution in [2.24, 2.45) is 23.7 Å². The number of phosphoric ester groups is 2. The molecule has 0 aliphatic carbocycles. The van der Waals surface area contributed by atoms with Gasteiger partial charge >= 0.3 is 39.5 Å². The predicted octanol–water partition coefficient (Wildman–Crippen LogP) is 19.3. The Balaban J connectivity index is 5.25. The summed E-state index contributed by atoms with van der Waals surface area (Å²) in [6, 6.07) is 0. The van der Waals surface area contributed by atoms with Gasteiger partial charge in [0.25, 0.3) is 0 Å². The number of aliphatic hydroxyl groups is 1. The van der Waals surface area contributed by atoms with Crippen LogP contribution in [0.3, 0.4) is 0 Å². The van der Waals surface area contributed by atoms with Crippen LogP contribution in [0.15, 0.2) is 0 Å². The normalized spacial score (nSPS) is 14.9. The lowest BCUT2D eigenvalue weighted by Gasteiger charge is -2.21. The van der Waals surface area contributed by atoms with Crippen molar-refractivity contribution in [1.82, 2.24) is 0 Å². The second-order valence-electron chi connectivity index (χ2n) is 26.4. The molecule has 0 fully saturated rings. The van der Waals surface area contributed by atoms with Gasteiger partial charge in [0.2, 0.25) is 0 Å². The van der Waals surface area contributed by atoms with Crippen molar-refractivity contribution in [3.05, 3.63) is 0 Å². The average molecular weight is 1300 g/mol. The molecule has 0 saturated carbocycles. The van der Waals surface area contributed by atoms with Crippen LogP contribution in [-0.4, -0.2) is 96.7 Å². The average Bonchev–Trinajstić information content (AvgIpc) is 3.59. The maximum absolute atomic E-state index is 13.0. The molecule has 3 N–H and O–H groups in total. The van der Waals surface area contributed by atoms with Crippen molar-refractivity contribution in [1.29, 1.82) is 0 Å². The molecule has 0 aromatic heterocycles. The SMILES string of the molecule is CCC(C)CCCCCCCCCCCCC(=O)OC[C@H](COP(=O)(O)OCC(O)COP(=O)(O)OC[C@@H](COC(=O)CCCCCCCCCCC(C)C)OC(=O)CCCCCCCCCCCCC(C)C)OC(=O)CCCCCCCCC(C)CC. The maximum Gasteiger partial charge on any atom is 0.472 e. The van der Waals surface area contributed by atoms with E-state index in [9.17, 15) is 43.2 Å². The van der Waals surface area contributed by atoms with Gasteiger partial charge in [-0.25, -0.2) is 9.13 Å². The molecule has 0 aliphatic heterocycles. The first-order chi connectivity index (χ1) is 42.2. The van der Waals surface area contributed by atoms with Crippen LogP contribution in [0.5, 0.6) is 0 Å². The van der Waals surface area contributed by atoms with E-state index in [2.05, 4.69) is 55.4 Å². The van der Waals surface area contributed by atoms with Gasteiger partial charge in [0.1, 0.15) is 19.3 Å². The van der Waals surface area contributed by atoms with Crippen LogP contribution in [0.4, 0.5) is 0 Å². The lowest BCUT2D eigenvalue weighted by Crippen LogP contribution is -2.30. The standard InChI is InChI=1S/C69H134O17P2/c1-9-61(7)47-39-31-23-16-12-14-17-24-33-41-49-66(71)79-56-65(86-69(74)52-44-36-28-27-32-40-48-62(8)10-2)58-84-88(77,78)82-54-63(70)53-81-87(75,76)83-57-64(55-80-67(72)50-42-34-25-20-19-22-30-38-46-60(5)6)85-68(73)51-43-35-26-18-13-11-15-21-29-37-45-59(3)4/h59-65,70H,9-58H2,1-8H3,(H,75,76)(H,77,78)/t61?,62?,63?,64-,65-/m1/s1. The lowest BCUT2D eigenvalue weighted by atomic mass is 9.99. The van der Waals surface area contributed by atoms with E-state index in [1.54, 1.807) is 0 Å². The summed E-state index contributed by atoms with van der Waals surface area (Å²) < 4.78 is 68.2. The van der Waals surface area contributed by atoms with Crippen LogP contribution in [0, 0.1) is 23.7 Å². The largest absolute Gasteiger partial charge is 0.472 e.